The van der Waals surface area contributed by atoms with Crippen molar-refractivity contribution in [2.45, 2.75) is 50.5 Å². The van der Waals surface area contributed by atoms with Crippen LogP contribution in [-0.4, -0.2) is 41.9 Å². The van der Waals surface area contributed by atoms with Crippen molar-refractivity contribution in [3.8, 4) is 0 Å². The fraction of sp³-hybridized carbons (Fsp3) is 0.421. The number of hydrogen-bond donors (Lipinski definition) is 2. The number of carboxylic acid groups (broad SMARTS) is 2. The van der Waals surface area contributed by atoms with E-state index in [1.165, 1.54) is 12.4 Å². The first kappa shape index (κ1) is 17.4. The molecule has 0 aliphatic heterocycles. The van der Waals surface area contributed by atoms with Gasteiger partial charge in [-0.25, -0.2) is 19.4 Å². The lowest BCUT2D eigenvalue weighted by Gasteiger charge is -2.29. The zero-order valence-electron chi connectivity index (χ0n) is 14.9. The Balaban J connectivity index is 1.90. The van der Waals surface area contributed by atoms with Gasteiger partial charge in [0.25, 0.3) is 0 Å². The van der Waals surface area contributed by atoms with Crippen LogP contribution in [0.2, 0.25) is 0 Å². The molecule has 0 saturated heterocycles. The first-order chi connectivity index (χ1) is 12.9. The smallest absolute Gasteiger partial charge is 0.331 e. The molecule has 0 spiro atoms. The topological polar surface area (TPSA) is 118 Å². The number of hydrogen-bond acceptors (Lipinski definition) is 5. The number of aromatic nitrogens is 4. The second-order valence-corrected chi connectivity index (χ2v) is 7.30. The van der Waals surface area contributed by atoms with Gasteiger partial charge in [0.1, 0.15) is 11.7 Å². The summed E-state index contributed by atoms with van der Waals surface area (Å²) in [4.78, 5) is 32.5. The van der Waals surface area contributed by atoms with Crippen molar-refractivity contribution in [1.82, 2.24) is 19.7 Å². The molecule has 0 aromatic carbocycles. The first-order valence-corrected chi connectivity index (χ1v) is 8.98. The van der Waals surface area contributed by atoms with Gasteiger partial charge in [-0.2, -0.15) is 5.10 Å². The van der Waals surface area contributed by atoms with E-state index in [4.69, 9.17) is 0 Å². The van der Waals surface area contributed by atoms with Crippen LogP contribution in [0.3, 0.4) is 0 Å². The molecular formula is C19H20N4O4. The summed E-state index contributed by atoms with van der Waals surface area (Å²) in [7, 11) is 0. The molecule has 8 heteroatoms. The van der Waals surface area contributed by atoms with Crippen LogP contribution < -0.4 is 0 Å². The minimum absolute atomic E-state index is 0.0485. The summed E-state index contributed by atoms with van der Waals surface area (Å²) in [5.74, 6) is -2.26. The van der Waals surface area contributed by atoms with E-state index in [2.05, 4.69) is 15.1 Å². The normalized spacial score (nSPS) is 23.3. The first-order valence-electron chi connectivity index (χ1n) is 8.98. The summed E-state index contributed by atoms with van der Waals surface area (Å²) in [5, 5.41) is 24.5. The summed E-state index contributed by atoms with van der Waals surface area (Å²) in [5.41, 5.74) is -0.0408. The fourth-order valence-electron chi connectivity index (χ4n) is 4.27. The molecule has 1 saturated carbocycles. The van der Waals surface area contributed by atoms with Crippen molar-refractivity contribution in [2.24, 2.45) is 0 Å². The highest BCUT2D eigenvalue weighted by molar-refractivity contribution is 5.95. The van der Waals surface area contributed by atoms with E-state index in [1.807, 2.05) is 4.68 Å². The molecule has 4 rings (SSSR count). The van der Waals surface area contributed by atoms with Gasteiger partial charge in [0.2, 0.25) is 0 Å². The van der Waals surface area contributed by atoms with Gasteiger partial charge in [0.15, 0.2) is 5.65 Å². The van der Waals surface area contributed by atoms with Crippen molar-refractivity contribution in [3.63, 3.8) is 0 Å². The highest BCUT2D eigenvalue weighted by Crippen LogP contribution is 2.40. The highest BCUT2D eigenvalue weighted by atomic mass is 16.4. The maximum Gasteiger partial charge on any atom is 0.331 e. The van der Waals surface area contributed by atoms with E-state index in [9.17, 15) is 19.8 Å². The largest absolute Gasteiger partial charge is 0.480 e. The van der Waals surface area contributed by atoms with Crippen LogP contribution in [0.5, 0.6) is 0 Å². The molecule has 0 amide bonds. The summed E-state index contributed by atoms with van der Waals surface area (Å²) < 4.78 is 1.86. The number of carbonyl (C=O) groups is 2. The molecule has 8 nitrogen and oxygen atoms in total. The van der Waals surface area contributed by atoms with E-state index in [0.717, 1.165) is 25.7 Å². The molecule has 2 aromatic heterocycles. The van der Waals surface area contributed by atoms with E-state index >= 15 is 0 Å². The molecule has 2 aliphatic rings. The minimum Gasteiger partial charge on any atom is -0.480 e. The highest BCUT2D eigenvalue weighted by Gasteiger charge is 2.45. The van der Waals surface area contributed by atoms with Crippen LogP contribution in [-0.2, 0) is 15.0 Å². The molecule has 1 unspecified atom stereocenters. The Hall–Kier alpha value is -3.03. The van der Waals surface area contributed by atoms with Crippen molar-refractivity contribution in [2.75, 3.05) is 0 Å². The van der Waals surface area contributed by atoms with E-state index in [0.29, 0.717) is 16.6 Å². The summed E-state index contributed by atoms with van der Waals surface area (Å²) in [6, 6.07) is 0.254. The lowest BCUT2D eigenvalue weighted by Crippen LogP contribution is -2.38. The fourth-order valence-corrected chi connectivity index (χ4v) is 4.27. The van der Waals surface area contributed by atoms with Gasteiger partial charge in [-0.15, -0.1) is 0 Å². The zero-order valence-corrected chi connectivity index (χ0v) is 14.9. The number of rotatable bonds is 4. The zero-order chi connectivity index (χ0) is 19.2. The molecule has 0 radical (unpaired) electrons. The van der Waals surface area contributed by atoms with E-state index < -0.39 is 17.4 Å². The summed E-state index contributed by atoms with van der Waals surface area (Å²) in [6.07, 6.45) is 10.2. The predicted octanol–water partition coefficient (Wildman–Crippen LogP) is 2.62. The summed E-state index contributed by atoms with van der Waals surface area (Å²) in [6.45, 7) is 1.69. The Morgan fingerprint density at radius 1 is 1.22 bits per heavy atom. The van der Waals surface area contributed by atoms with Gasteiger partial charge >= 0.3 is 11.9 Å². The third-order valence-electron chi connectivity index (χ3n) is 5.49. The molecule has 1 atom stereocenters. The van der Waals surface area contributed by atoms with Crippen LogP contribution >= 0.6 is 0 Å². The predicted molar refractivity (Wildman–Crippen MR) is 96.2 cm³/mol. The van der Waals surface area contributed by atoms with Gasteiger partial charge in [0, 0.05) is 12.0 Å². The van der Waals surface area contributed by atoms with Gasteiger partial charge in [-0.05, 0) is 25.8 Å². The number of allylic oxidation sites excluding steroid dienone is 2. The second-order valence-electron chi connectivity index (χ2n) is 7.30. The van der Waals surface area contributed by atoms with Gasteiger partial charge in [-0.1, -0.05) is 24.5 Å². The Labute approximate surface area is 155 Å². The summed E-state index contributed by atoms with van der Waals surface area (Å²) >= 11 is 0. The molecule has 2 aromatic rings. The monoisotopic (exact) mass is 368 g/mol. The standard InChI is InChI=1S/C19H20N4O4/c1-11-6-12(17(24)25)8-19(7-11,18(26)27)15-14-9-22-23(13-4-2-3-5-13)16(14)21-10-20-15/h6-7,9-10,13H,2-5,8H2,1H3,(H,24,25)(H,26,27). The average Bonchev–Trinajstić information content (AvgIpc) is 3.29. The quantitative estimate of drug-likeness (QED) is 0.851. The molecule has 2 aliphatic carbocycles. The Kier molecular flexibility index (Phi) is 4.05. The van der Waals surface area contributed by atoms with Crippen LogP contribution in [0.4, 0.5) is 0 Å². The molecule has 27 heavy (non-hydrogen) atoms. The van der Waals surface area contributed by atoms with E-state index in [-0.39, 0.29) is 23.7 Å². The molecule has 2 N–H and O–H groups in total. The minimum atomic E-state index is -1.56. The van der Waals surface area contributed by atoms with Crippen molar-refractivity contribution in [3.05, 3.63) is 41.5 Å². The number of nitrogens with zero attached hydrogens (tertiary/aromatic N) is 4. The third-order valence-corrected chi connectivity index (χ3v) is 5.49. The third kappa shape index (κ3) is 2.72. The molecule has 140 valence electrons. The maximum atomic E-state index is 12.3. The molecular weight excluding hydrogens is 348 g/mol. The van der Waals surface area contributed by atoms with Crippen molar-refractivity contribution < 1.29 is 19.8 Å². The van der Waals surface area contributed by atoms with Crippen LogP contribution in [0.25, 0.3) is 11.0 Å². The Morgan fingerprint density at radius 2 is 1.96 bits per heavy atom. The lowest BCUT2D eigenvalue weighted by atomic mass is 9.73. The van der Waals surface area contributed by atoms with Crippen molar-refractivity contribution >= 4 is 23.0 Å². The maximum absolute atomic E-state index is 12.3. The van der Waals surface area contributed by atoms with Crippen molar-refractivity contribution in [1.29, 1.82) is 0 Å². The number of fused-ring (bicyclic) bond motifs is 1. The SMILES string of the molecule is CC1=CC(C(=O)O)(c2ncnc3c2cnn3C2CCCC2)CC(C(=O)O)=C1. The second kappa shape index (κ2) is 6.29. The Bertz CT molecular complexity index is 1000. The van der Waals surface area contributed by atoms with Crippen LogP contribution in [0.1, 0.15) is 50.8 Å². The van der Waals surface area contributed by atoms with Crippen LogP contribution in [0.15, 0.2) is 35.8 Å². The van der Waals surface area contributed by atoms with Crippen LogP contribution in [0, 0.1) is 0 Å². The Morgan fingerprint density at radius 3 is 2.63 bits per heavy atom. The number of aliphatic carboxylic acids is 2. The molecule has 1 fully saturated rings. The average molecular weight is 368 g/mol. The van der Waals surface area contributed by atoms with Gasteiger partial charge in [0.05, 0.1) is 23.3 Å². The molecule has 0 bridgehead atoms. The van der Waals surface area contributed by atoms with E-state index in [1.54, 1.807) is 19.2 Å². The van der Waals surface area contributed by atoms with Gasteiger partial charge in [-0.3, -0.25) is 4.79 Å². The lowest BCUT2D eigenvalue weighted by molar-refractivity contribution is -0.142. The number of carboxylic acids is 2. The molecule has 2 heterocycles. The van der Waals surface area contributed by atoms with Gasteiger partial charge < -0.3 is 10.2 Å².